The second-order valence-electron chi connectivity index (χ2n) is 5.98. The number of hydrogen-bond acceptors (Lipinski definition) is 8. The van der Waals surface area contributed by atoms with Gasteiger partial charge in [-0.1, -0.05) is 0 Å². The van der Waals surface area contributed by atoms with Gasteiger partial charge in [-0.05, 0) is 25.1 Å². The summed E-state index contributed by atoms with van der Waals surface area (Å²) in [6.45, 7) is 8.63. The minimum Gasteiger partial charge on any atom is -0.492 e. The molecule has 30 heavy (non-hydrogen) atoms. The SMILES string of the molecule is CC(=O)O.CCOc1ccc(NC(C)=O)cc1N(CCOC(C)=O)CCOC(C)=O. The average molecular weight is 426 g/mol. The van der Waals surface area contributed by atoms with Gasteiger partial charge in [0.05, 0.1) is 25.4 Å². The molecule has 1 aromatic carbocycles. The fourth-order valence-electron chi connectivity index (χ4n) is 2.27. The van der Waals surface area contributed by atoms with Crippen molar-refractivity contribution in [1.29, 1.82) is 0 Å². The lowest BCUT2D eigenvalue weighted by Crippen LogP contribution is -2.32. The highest BCUT2D eigenvalue weighted by atomic mass is 16.5. The third-order valence-corrected chi connectivity index (χ3v) is 3.25. The summed E-state index contributed by atoms with van der Waals surface area (Å²) in [5.74, 6) is -1.15. The number of aliphatic carboxylic acids is 1. The van der Waals surface area contributed by atoms with Gasteiger partial charge in [-0.15, -0.1) is 0 Å². The highest BCUT2D eigenvalue weighted by Gasteiger charge is 2.15. The van der Waals surface area contributed by atoms with Crippen LogP contribution in [-0.2, 0) is 28.7 Å². The zero-order chi connectivity index (χ0) is 23.1. The molecular weight excluding hydrogens is 396 g/mol. The number of ether oxygens (including phenoxy) is 3. The van der Waals surface area contributed by atoms with Gasteiger partial charge in [-0.2, -0.15) is 0 Å². The van der Waals surface area contributed by atoms with E-state index >= 15 is 0 Å². The van der Waals surface area contributed by atoms with Crippen LogP contribution >= 0.6 is 0 Å². The molecule has 0 aliphatic heterocycles. The smallest absolute Gasteiger partial charge is 0.302 e. The molecule has 168 valence electrons. The second-order valence-corrected chi connectivity index (χ2v) is 5.98. The highest BCUT2D eigenvalue weighted by Crippen LogP contribution is 2.31. The fourth-order valence-corrected chi connectivity index (χ4v) is 2.27. The van der Waals surface area contributed by atoms with Gasteiger partial charge in [0.25, 0.3) is 5.97 Å². The first kappa shape index (κ1) is 26.7. The Labute approximate surface area is 176 Å². The van der Waals surface area contributed by atoms with Gasteiger partial charge < -0.3 is 29.5 Å². The first-order valence-corrected chi connectivity index (χ1v) is 9.32. The van der Waals surface area contributed by atoms with Crippen LogP contribution in [0.25, 0.3) is 0 Å². The Hall–Kier alpha value is -3.30. The Balaban J connectivity index is 0.00000192. The van der Waals surface area contributed by atoms with Crippen molar-refractivity contribution in [3.8, 4) is 5.75 Å². The number of rotatable bonds is 10. The molecule has 0 aliphatic carbocycles. The van der Waals surface area contributed by atoms with Gasteiger partial charge in [0, 0.05) is 33.4 Å². The molecule has 0 aromatic heterocycles. The standard InChI is InChI=1S/C18H26N2O6.C2H4O2/c1-5-24-18-7-6-16(19-13(2)21)12-17(18)20(8-10-25-14(3)22)9-11-26-15(4)23;1-2(3)4/h6-7,12H,5,8-11H2,1-4H3,(H,19,21);1H3,(H,3,4). The maximum absolute atomic E-state index is 11.3. The van der Waals surface area contributed by atoms with Crippen LogP contribution < -0.4 is 15.0 Å². The molecule has 0 heterocycles. The highest BCUT2D eigenvalue weighted by molar-refractivity contribution is 5.89. The quantitative estimate of drug-likeness (QED) is 0.540. The van der Waals surface area contributed by atoms with Gasteiger partial charge in [0.2, 0.25) is 5.91 Å². The summed E-state index contributed by atoms with van der Waals surface area (Å²) in [4.78, 5) is 44.3. The Morgan fingerprint density at radius 2 is 1.47 bits per heavy atom. The van der Waals surface area contributed by atoms with E-state index < -0.39 is 5.97 Å². The van der Waals surface area contributed by atoms with Crippen LogP contribution in [-0.4, -0.2) is 61.8 Å². The summed E-state index contributed by atoms with van der Waals surface area (Å²) >= 11 is 0. The molecule has 0 spiro atoms. The van der Waals surface area contributed by atoms with Crippen molar-refractivity contribution < 1.29 is 38.5 Å². The maximum Gasteiger partial charge on any atom is 0.302 e. The normalized spacial score (nSPS) is 9.50. The van der Waals surface area contributed by atoms with Crippen molar-refractivity contribution in [3.05, 3.63) is 18.2 Å². The van der Waals surface area contributed by atoms with Crippen LogP contribution in [0.1, 0.15) is 34.6 Å². The van der Waals surface area contributed by atoms with E-state index in [1.54, 1.807) is 18.2 Å². The van der Waals surface area contributed by atoms with Crippen LogP contribution in [0, 0.1) is 0 Å². The lowest BCUT2D eigenvalue weighted by molar-refractivity contribution is -0.141. The molecule has 10 heteroatoms. The van der Waals surface area contributed by atoms with E-state index in [1.807, 2.05) is 11.8 Å². The number of carboxylic acids is 1. The Morgan fingerprint density at radius 3 is 1.87 bits per heavy atom. The third-order valence-electron chi connectivity index (χ3n) is 3.25. The zero-order valence-electron chi connectivity index (χ0n) is 18.0. The van der Waals surface area contributed by atoms with Crippen molar-refractivity contribution >= 4 is 35.2 Å². The molecule has 10 nitrogen and oxygen atoms in total. The van der Waals surface area contributed by atoms with Crippen molar-refractivity contribution in [2.45, 2.75) is 34.6 Å². The first-order chi connectivity index (χ1) is 14.1. The minimum atomic E-state index is -0.833. The monoisotopic (exact) mass is 426 g/mol. The van der Waals surface area contributed by atoms with Crippen molar-refractivity contribution in [2.24, 2.45) is 0 Å². The molecule has 0 bridgehead atoms. The number of carbonyl (C=O) groups excluding carboxylic acids is 3. The molecular formula is C20H30N2O8. The van der Waals surface area contributed by atoms with Gasteiger partial charge in [-0.25, -0.2) is 0 Å². The van der Waals surface area contributed by atoms with Crippen molar-refractivity contribution in [3.63, 3.8) is 0 Å². The van der Waals surface area contributed by atoms with Crippen LogP contribution in [0.5, 0.6) is 5.75 Å². The van der Waals surface area contributed by atoms with E-state index in [4.69, 9.17) is 24.1 Å². The Morgan fingerprint density at radius 1 is 0.967 bits per heavy atom. The summed E-state index contributed by atoms with van der Waals surface area (Å²) in [6, 6.07) is 5.27. The first-order valence-electron chi connectivity index (χ1n) is 9.32. The summed E-state index contributed by atoms with van der Waals surface area (Å²) in [5.41, 5.74) is 1.32. The number of benzene rings is 1. The topological polar surface area (TPSA) is 131 Å². The molecule has 0 atom stereocenters. The van der Waals surface area contributed by atoms with Crippen molar-refractivity contribution in [2.75, 3.05) is 43.1 Å². The van der Waals surface area contributed by atoms with Crippen LogP contribution in [0.15, 0.2) is 18.2 Å². The zero-order valence-corrected chi connectivity index (χ0v) is 18.0. The number of esters is 2. The van der Waals surface area contributed by atoms with Gasteiger partial charge in [0.1, 0.15) is 19.0 Å². The molecule has 1 amide bonds. The average Bonchev–Trinajstić information content (AvgIpc) is 2.60. The number of amides is 1. The largest absolute Gasteiger partial charge is 0.492 e. The second kappa shape index (κ2) is 14.7. The summed E-state index contributed by atoms with van der Waals surface area (Å²) in [5, 5.41) is 10.1. The lowest BCUT2D eigenvalue weighted by Gasteiger charge is -2.27. The number of nitrogens with one attached hydrogen (secondary N) is 1. The number of carbonyl (C=O) groups is 4. The minimum absolute atomic E-state index is 0.172. The van der Waals surface area contributed by atoms with Crippen LogP contribution in [0.4, 0.5) is 11.4 Å². The van der Waals surface area contributed by atoms with E-state index in [-0.39, 0.29) is 31.1 Å². The van der Waals surface area contributed by atoms with Gasteiger partial charge in [-0.3, -0.25) is 19.2 Å². The molecule has 0 radical (unpaired) electrons. The number of hydrogen-bond donors (Lipinski definition) is 2. The molecule has 0 aliphatic rings. The van der Waals surface area contributed by atoms with E-state index in [0.29, 0.717) is 36.8 Å². The molecule has 0 saturated carbocycles. The maximum atomic E-state index is 11.3. The van der Waals surface area contributed by atoms with E-state index in [0.717, 1.165) is 6.92 Å². The van der Waals surface area contributed by atoms with Crippen molar-refractivity contribution in [1.82, 2.24) is 0 Å². The fraction of sp³-hybridized carbons (Fsp3) is 0.500. The number of nitrogens with zero attached hydrogens (tertiary/aromatic N) is 1. The van der Waals surface area contributed by atoms with E-state index in [1.165, 1.54) is 20.8 Å². The van der Waals surface area contributed by atoms with Crippen LogP contribution in [0.2, 0.25) is 0 Å². The molecule has 0 unspecified atom stereocenters. The molecule has 1 rings (SSSR count). The molecule has 1 aromatic rings. The summed E-state index contributed by atoms with van der Waals surface area (Å²) in [6.07, 6.45) is 0. The van der Waals surface area contributed by atoms with Gasteiger partial charge in [0.15, 0.2) is 0 Å². The summed E-state index contributed by atoms with van der Waals surface area (Å²) in [7, 11) is 0. The Bertz CT molecular complexity index is 697. The molecule has 0 fully saturated rings. The van der Waals surface area contributed by atoms with E-state index in [9.17, 15) is 14.4 Å². The summed E-state index contributed by atoms with van der Waals surface area (Å²) < 4.78 is 15.7. The Kier molecular flexibility index (Phi) is 13.1. The number of carboxylic acid groups (broad SMARTS) is 1. The van der Waals surface area contributed by atoms with E-state index in [2.05, 4.69) is 5.32 Å². The predicted octanol–water partition coefficient (Wildman–Crippen LogP) is 2.07. The molecule has 2 N–H and O–H groups in total. The lowest BCUT2D eigenvalue weighted by atomic mass is 10.2. The van der Waals surface area contributed by atoms with Gasteiger partial charge >= 0.3 is 11.9 Å². The predicted molar refractivity (Wildman–Crippen MR) is 111 cm³/mol. The number of anilines is 2. The third kappa shape index (κ3) is 13.0. The molecule has 0 saturated heterocycles. The van der Waals surface area contributed by atoms with Crippen LogP contribution in [0.3, 0.4) is 0 Å².